The van der Waals surface area contributed by atoms with E-state index in [9.17, 15) is 9.59 Å². The molecule has 1 fully saturated rings. The molecular weight excluding hydrogens is 442 g/mol. The van der Waals surface area contributed by atoms with Gasteiger partial charge in [-0.05, 0) is 55.0 Å². The van der Waals surface area contributed by atoms with E-state index < -0.39 is 0 Å². The summed E-state index contributed by atoms with van der Waals surface area (Å²) in [5, 5.41) is 17.9. The highest BCUT2D eigenvalue weighted by atomic mass is 35.5. The maximum Gasteiger partial charge on any atom is 0.227 e. The van der Waals surface area contributed by atoms with E-state index in [0.29, 0.717) is 42.1 Å². The van der Waals surface area contributed by atoms with Crippen LogP contribution in [0.3, 0.4) is 0 Å². The van der Waals surface area contributed by atoms with Crippen molar-refractivity contribution in [2.75, 3.05) is 35.2 Å². The fourth-order valence-corrected chi connectivity index (χ4v) is 3.57. The second-order valence-corrected chi connectivity index (χ2v) is 8.19. The molecular formula is C23H24ClN7O2. The summed E-state index contributed by atoms with van der Waals surface area (Å²) in [5.41, 5.74) is 1.83. The second kappa shape index (κ2) is 10.3. The van der Waals surface area contributed by atoms with E-state index in [1.165, 1.54) is 0 Å². The van der Waals surface area contributed by atoms with Gasteiger partial charge < -0.3 is 20.9 Å². The lowest BCUT2D eigenvalue weighted by molar-refractivity contribution is -0.126. The van der Waals surface area contributed by atoms with Gasteiger partial charge in [0, 0.05) is 43.0 Å². The average molecular weight is 466 g/mol. The van der Waals surface area contributed by atoms with Crippen LogP contribution < -0.4 is 20.9 Å². The van der Waals surface area contributed by atoms with E-state index >= 15 is 0 Å². The minimum atomic E-state index is -0.381. The molecule has 2 amide bonds. The zero-order chi connectivity index (χ0) is 23.2. The molecule has 1 saturated heterocycles. The van der Waals surface area contributed by atoms with E-state index in [-0.39, 0.29) is 24.2 Å². The Morgan fingerprint density at radius 2 is 1.76 bits per heavy atom. The Labute approximate surface area is 196 Å². The molecule has 170 valence electrons. The monoisotopic (exact) mass is 465 g/mol. The highest BCUT2D eigenvalue weighted by molar-refractivity contribution is 6.30. The van der Waals surface area contributed by atoms with Crippen LogP contribution in [0.25, 0.3) is 0 Å². The molecule has 0 saturated carbocycles. The number of benzene rings is 1. The zero-order valence-electron chi connectivity index (χ0n) is 18.1. The predicted molar refractivity (Wildman–Crippen MR) is 128 cm³/mol. The third kappa shape index (κ3) is 5.95. The summed E-state index contributed by atoms with van der Waals surface area (Å²) >= 11 is 5.91. The van der Waals surface area contributed by atoms with Gasteiger partial charge >= 0.3 is 0 Å². The van der Waals surface area contributed by atoms with E-state index in [1.54, 1.807) is 47.5 Å². The van der Waals surface area contributed by atoms with Crippen LogP contribution in [0.2, 0.25) is 5.02 Å². The number of halogens is 1. The van der Waals surface area contributed by atoms with Crippen molar-refractivity contribution < 1.29 is 9.59 Å². The molecule has 3 N–H and O–H groups in total. The number of hydrogen-bond acceptors (Lipinski definition) is 7. The van der Waals surface area contributed by atoms with E-state index in [4.69, 9.17) is 11.6 Å². The highest BCUT2D eigenvalue weighted by Gasteiger charge is 2.34. The topological polar surface area (TPSA) is 112 Å². The summed E-state index contributed by atoms with van der Waals surface area (Å²) in [7, 11) is 0. The summed E-state index contributed by atoms with van der Waals surface area (Å²) in [6.07, 6.45) is 1.97. The van der Waals surface area contributed by atoms with Gasteiger partial charge in [0.15, 0.2) is 5.82 Å². The number of hydrogen-bond donors (Lipinski definition) is 3. The maximum atomic E-state index is 12.5. The summed E-state index contributed by atoms with van der Waals surface area (Å²) < 4.78 is 0. The smallest absolute Gasteiger partial charge is 0.227 e. The Morgan fingerprint density at radius 3 is 2.45 bits per heavy atom. The van der Waals surface area contributed by atoms with Crippen LogP contribution in [0.15, 0.2) is 54.7 Å². The van der Waals surface area contributed by atoms with Gasteiger partial charge in [-0.3, -0.25) is 9.59 Å². The molecule has 2 aromatic heterocycles. The first-order valence-corrected chi connectivity index (χ1v) is 11.0. The summed E-state index contributed by atoms with van der Waals surface area (Å²) in [5.74, 6) is 1.28. The Hall–Kier alpha value is -3.72. The van der Waals surface area contributed by atoms with Gasteiger partial charge in [0.25, 0.3) is 0 Å². The molecule has 1 aromatic carbocycles. The lowest BCUT2D eigenvalue weighted by Gasteiger charge is -2.16. The number of aryl methyl sites for hydroxylation is 1. The molecule has 1 aliphatic rings. The van der Waals surface area contributed by atoms with Crippen molar-refractivity contribution >= 4 is 46.6 Å². The molecule has 1 aliphatic heterocycles. The van der Waals surface area contributed by atoms with Gasteiger partial charge in [0.2, 0.25) is 11.8 Å². The summed E-state index contributed by atoms with van der Waals surface area (Å²) in [4.78, 5) is 30.7. The molecule has 3 aromatic rings. The Kier molecular flexibility index (Phi) is 6.99. The Balaban J connectivity index is 1.19. The Bertz CT molecular complexity index is 1110. The van der Waals surface area contributed by atoms with Crippen molar-refractivity contribution in [3.8, 4) is 0 Å². The van der Waals surface area contributed by atoms with Gasteiger partial charge in [-0.15, -0.1) is 10.2 Å². The molecule has 0 aliphatic carbocycles. The molecule has 4 rings (SSSR count). The van der Waals surface area contributed by atoms with E-state index in [2.05, 4.69) is 31.1 Å². The largest absolute Gasteiger partial charge is 0.367 e. The van der Waals surface area contributed by atoms with Gasteiger partial charge in [-0.1, -0.05) is 17.7 Å². The van der Waals surface area contributed by atoms with Gasteiger partial charge in [0.05, 0.1) is 5.92 Å². The van der Waals surface area contributed by atoms with Crippen LogP contribution in [0, 0.1) is 12.8 Å². The SMILES string of the molecule is Cc1ccc(Nc2ccc(NCCNC(=O)C3CC(=O)N(c4ccc(Cl)cc4)C3)nn2)nc1. The molecule has 0 radical (unpaired) electrons. The van der Waals surface area contributed by atoms with Crippen LogP contribution in [0.4, 0.5) is 23.1 Å². The number of nitrogens with zero attached hydrogens (tertiary/aromatic N) is 4. The first kappa shape index (κ1) is 22.5. The number of rotatable bonds is 8. The average Bonchev–Trinajstić information content (AvgIpc) is 3.21. The molecule has 3 heterocycles. The molecule has 0 bridgehead atoms. The molecule has 33 heavy (non-hydrogen) atoms. The maximum absolute atomic E-state index is 12.5. The lowest BCUT2D eigenvalue weighted by atomic mass is 10.1. The number of carbonyl (C=O) groups excluding carboxylic acids is 2. The van der Waals surface area contributed by atoms with Crippen molar-refractivity contribution in [2.45, 2.75) is 13.3 Å². The number of aromatic nitrogens is 3. The van der Waals surface area contributed by atoms with Crippen LogP contribution in [-0.4, -0.2) is 46.6 Å². The standard InChI is InChI=1S/C23H24ClN7O2/c1-15-2-7-19(27-13-15)28-21-9-8-20(29-30-21)25-10-11-26-23(33)16-12-22(32)31(14-16)18-5-3-17(24)4-6-18/h2-9,13,16H,10-12,14H2,1H3,(H,25,29)(H,26,33)(H,27,28,30). The summed E-state index contributed by atoms with van der Waals surface area (Å²) in [6.45, 7) is 3.21. The van der Waals surface area contributed by atoms with Crippen molar-refractivity contribution in [1.29, 1.82) is 0 Å². The molecule has 10 heteroatoms. The lowest BCUT2D eigenvalue weighted by Crippen LogP contribution is -2.35. The van der Waals surface area contributed by atoms with Gasteiger partial charge in [-0.2, -0.15) is 0 Å². The van der Waals surface area contributed by atoms with Crippen molar-refractivity contribution in [1.82, 2.24) is 20.5 Å². The number of pyridine rings is 1. The minimum Gasteiger partial charge on any atom is -0.367 e. The zero-order valence-corrected chi connectivity index (χ0v) is 18.8. The third-order valence-corrected chi connectivity index (χ3v) is 5.45. The minimum absolute atomic E-state index is 0.0691. The summed E-state index contributed by atoms with van der Waals surface area (Å²) in [6, 6.07) is 14.5. The predicted octanol–water partition coefficient (Wildman–Crippen LogP) is 3.16. The second-order valence-electron chi connectivity index (χ2n) is 7.75. The Morgan fingerprint density at radius 1 is 1.03 bits per heavy atom. The van der Waals surface area contributed by atoms with Crippen LogP contribution in [0.5, 0.6) is 0 Å². The molecule has 0 spiro atoms. The van der Waals surface area contributed by atoms with Crippen LogP contribution >= 0.6 is 11.6 Å². The fraction of sp³-hybridized carbons (Fsp3) is 0.261. The third-order valence-electron chi connectivity index (χ3n) is 5.20. The quantitative estimate of drug-likeness (QED) is 0.438. The normalized spacial score (nSPS) is 15.4. The number of anilines is 4. The van der Waals surface area contributed by atoms with Crippen molar-refractivity contribution in [2.24, 2.45) is 5.92 Å². The fourth-order valence-electron chi connectivity index (χ4n) is 3.44. The van der Waals surface area contributed by atoms with Gasteiger partial charge in [0.1, 0.15) is 11.6 Å². The first-order valence-electron chi connectivity index (χ1n) is 10.6. The van der Waals surface area contributed by atoms with Crippen molar-refractivity contribution in [3.63, 3.8) is 0 Å². The van der Waals surface area contributed by atoms with Gasteiger partial charge in [-0.25, -0.2) is 4.98 Å². The number of amides is 2. The molecule has 9 nitrogen and oxygen atoms in total. The van der Waals surface area contributed by atoms with Crippen molar-refractivity contribution in [3.05, 3.63) is 65.3 Å². The molecule has 1 atom stereocenters. The first-order chi connectivity index (χ1) is 16.0. The highest BCUT2D eigenvalue weighted by Crippen LogP contribution is 2.26. The van der Waals surface area contributed by atoms with Crippen LogP contribution in [0.1, 0.15) is 12.0 Å². The molecule has 1 unspecified atom stereocenters. The van der Waals surface area contributed by atoms with E-state index in [0.717, 1.165) is 11.3 Å². The number of nitrogens with one attached hydrogen (secondary N) is 3. The van der Waals surface area contributed by atoms with E-state index in [1.807, 2.05) is 19.1 Å². The van der Waals surface area contributed by atoms with Crippen LogP contribution in [-0.2, 0) is 9.59 Å². The number of carbonyl (C=O) groups is 2.